The first-order valence-electron chi connectivity index (χ1n) is 5.19. The first-order valence-corrected chi connectivity index (χ1v) is 5.19. The van der Waals surface area contributed by atoms with Crippen LogP contribution in [0.1, 0.15) is 12.6 Å². The third kappa shape index (κ3) is 2.00. The Morgan fingerprint density at radius 2 is 2.00 bits per heavy atom. The fraction of sp³-hybridized carbons (Fsp3) is 0.250. The van der Waals surface area contributed by atoms with E-state index in [2.05, 4.69) is 4.98 Å². The van der Waals surface area contributed by atoms with Crippen LogP contribution in [0.4, 0.5) is 0 Å². The standard InChI is InChI=1S/C12H14N2O2/c1-3-14-9(2)8-13-12(14)16-11-6-4-10(15)5-7-11/h4-8,15H,3H2,1-2H3. The summed E-state index contributed by atoms with van der Waals surface area (Å²) in [7, 11) is 0. The molecule has 16 heavy (non-hydrogen) atoms. The van der Waals surface area contributed by atoms with Crippen LogP contribution in [-0.2, 0) is 6.54 Å². The van der Waals surface area contributed by atoms with Gasteiger partial charge in [0.1, 0.15) is 11.5 Å². The molecule has 0 aliphatic heterocycles. The Morgan fingerprint density at radius 1 is 1.31 bits per heavy atom. The molecule has 84 valence electrons. The molecule has 0 bridgehead atoms. The fourth-order valence-corrected chi connectivity index (χ4v) is 1.52. The molecule has 0 fully saturated rings. The van der Waals surface area contributed by atoms with Gasteiger partial charge in [-0.05, 0) is 38.1 Å². The molecule has 0 radical (unpaired) electrons. The Bertz CT molecular complexity index is 474. The predicted octanol–water partition coefficient (Wildman–Crippen LogP) is 2.71. The maximum Gasteiger partial charge on any atom is 0.302 e. The van der Waals surface area contributed by atoms with Gasteiger partial charge in [-0.15, -0.1) is 0 Å². The molecule has 0 aliphatic carbocycles. The van der Waals surface area contributed by atoms with Crippen molar-refractivity contribution in [3.63, 3.8) is 0 Å². The highest BCUT2D eigenvalue weighted by Gasteiger charge is 2.07. The van der Waals surface area contributed by atoms with Crippen LogP contribution in [0, 0.1) is 6.92 Å². The van der Waals surface area contributed by atoms with Gasteiger partial charge in [-0.1, -0.05) is 0 Å². The molecule has 1 aromatic carbocycles. The number of benzene rings is 1. The zero-order chi connectivity index (χ0) is 11.5. The number of hydrogen-bond donors (Lipinski definition) is 1. The molecule has 0 amide bonds. The largest absolute Gasteiger partial charge is 0.508 e. The highest BCUT2D eigenvalue weighted by Crippen LogP contribution is 2.23. The molecule has 0 saturated heterocycles. The van der Waals surface area contributed by atoms with E-state index >= 15 is 0 Å². The lowest BCUT2D eigenvalue weighted by Crippen LogP contribution is -2.00. The third-order valence-electron chi connectivity index (χ3n) is 2.38. The Kier molecular flexibility index (Phi) is 2.81. The lowest BCUT2D eigenvalue weighted by Gasteiger charge is -2.07. The van der Waals surface area contributed by atoms with E-state index in [1.54, 1.807) is 30.5 Å². The predicted molar refractivity (Wildman–Crippen MR) is 60.8 cm³/mol. The normalized spacial score (nSPS) is 10.4. The van der Waals surface area contributed by atoms with Crippen molar-refractivity contribution < 1.29 is 9.84 Å². The second-order valence-electron chi connectivity index (χ2n) is 3.52. The summed E-state index contributed by atoms with van der Waals surface area (Å²) in [6.45, 7) is 4.85. The number of ether oxygens (including phenoxy) is 1. The zero-order valence-corrected chi connectivity index (χ0v) is 9.34. The number of aromatic nitrogens is 2. The molecular formula is C12H14N2O2. The van der Waals surface area contributed by atoms with Crippen LogP contribution in [0.2, 0.25) is 0 Å². The van der Waals surface area contributed by atoms with Crippen molar-refractivity contribution in [1.82, 2.24) is 9.55 Å². The van der Waals surface area contributed by atoms with Gasteiger partial charge < -0.3 is 9.84 Å². The number of aromatic hydroxyl groups is 1. The van der Waals surface area contributed by atoms with E-state index in [1.165, 1.54) is 0 Å². The molecule has 0 saturated carbocycles. The molecule has 0 spiro atoms. The molecule has 1 N–H and O–H groups in total. The SMILES string of the molecule is CCn1c(C)cnc1Oc1ccc(O)cc1. The molecule has 0 aliphatic rings. The van der Waals surface area contributed by atoms with E-state index in [9.17, 15) is 0 Å². The van der Waals surface area contributed by atoms with Crippen LogP contribution in [0.15, 0.2) is 30.5 Å². The molecule has 2 rings (SSSR count). The maximum absolute atomic E-state index is 9.15. The van der Waals surface area contributed by atoms with Gasteiger partial charge in [0, 0.05) is 12.2 Å². The summed E-state index contributed by atoms with van der Waals surface area (Å²) < 4.78 is 7.60. The van der Waals surface area contributed by atoms with Crippen molar-refractivity contribution in [2.24, 2.45) is 0 Å². The van der Waals surface area contributed by atoms with E-state index < -0.39 is 0 Å². The minimum atomic E-state index is 0.224. The molecule has 1 aromatic heterocycles. The lowest BCUT2D eigenvalue weighted by atomic mass is 10.3. The molecule has 2 aromatic rings. The van der Waals surface area contributed by atoms with E-state index in [-0.39, 0.29) is 5.75 Å². The second-order valence-corrected chi connectivity index (χ2v) is 3.52. The van der Waals surface area contributed by atoms with E-state index in [0.717, 1.165) is 12.2 Å². The Labute approximate surface area is 94.1 Å². The van der Waals surface area contributed by atoms with Crippen molar-refractivity contribution in [2.45, 2.75) is 20.4 Å². The van der Waals surface area contributed by atoms with E-state index in [4.69, 9.17) is 9.84 Å². The van der Waals surface area contributed by atoms with E-state index in [0.29, 0.717) is 11.8 Å². The summed E-state index contributed by atoms with van der Waals surface area (Å²) in [6.07, 6.45) is 1.78. The van der Waals surface area contributed by atoms with Crippen molar-refractivity contribution >= 4 is 0 Å². The fourth-order valence-electron chi connectivity index (χ4n) is 1.52. The Hall–Kier alpha value is -1.97. The molecular weight excluding hydrogens is 204 g/mol. The van der Waals surface area contributed by atoms with Crippen LogP contribution in [0.25, 0.3) is 0 Å². The zero-order valence-electron chi connectivity index (χ0n) is 9.34. The van der Waals surface area contributed by atoms with E-state index in [1.807, 2.05) is 18.4 Å². The maximum atomic E-state index is 9.15. The topological polar surface area (TPSA) is 47.3 Å². The first-order chi connectivity index (χ1) is 7.70. The molecule has 4 nitrogen and oxygen atoms in total. The number of imidazole rings is 1. The number of phenolic OH excluding ortho intramolecular Hbond substituents is 1. The number of phenols is 1. The highest BCUT2D eigenvalue weighted by molar-refractivity contribution is 5.32. The number of hydrogen-bond acceptors (Lipinski definition) is 3. The summed E-state index contributed by atoms with van der Waals surface area (Å²) >= 11 is 0. The van der Waals surface area contributed by atoms with Crippen LogP contribution in [0.3, 0.4) is 0 Å². The third-order valence-corrected chi connectivity index (χ3v) is 2.38. The van der Waals surface area contributed by atoms with Crippen molar-refractivity contribution in [3.05, 3.63) is 36.2 Å². The van der Waals surface area contributed by atoms with Gasteiger partial charge in [-0.2, -0.15) is 0 Å². The van der Waals surface area contributed by atoms with Gasteiger partial charge in [-0.25, -0.2) is 4.98 Å². The highest BCUT2D eigenvalue weighted by atomic mass is 16.5. The second kappa shape index (κ2) is 4.26. The minimum absolute atomic E-state index is 0.224. The Morgan fingerprint density at radius 3 is 2.62 bits per heavy atom. The number of rotatable bonds is 3. The molecule has 0 atom stereocenters. The smallest absolute Gasteiger partial charge is 0.302 e. The average Bonchev–Trinajstić information content (AvgIpc) is 2.63. The molecule has 4 heteroatoms. The van der Waals surface area contributed by atoms with Crippen molar-refractivity contribution in [1.29, 1.82) is 0 Å². The number of aryl methyl sites for hydroxylation is 1. The lowest BCUT2D eigenvalue weighted by molar-refractivity contribution is 0.411. The summed E-state index contributed by atoms with van der Waals surface area (Å²) in [5.74, 6) is 0.889. The molecule has 0 unspecified atom stereocenters. The number of nitrogens with zero attached hydrogens (tertiary/aromatic N) is 2. The molecule has 1 heterocycles. The van der Waals surface area contributed by atoms with Crippen LogP contribution in [0.5, 0.6) is 17.5 Å². The van der Waals surface area contributed by atoms with Gasteiger partial charge in [0.05, 0.1) is 6.20 Å². The summed E-state index contributed by atoms with van der Waals surface area (Å²) in [5.41, 5.74) is 1.07. The van der Waals surface area contributed by atoms with Crippen LogP contribution >= 0.6 is 0 Å². The summed E-state index contributed by atoms with van der Waals surface area (Å²) in [4.78, 5) is 4.18. The van der Waals surface area contributed by atoms with Gasteiger partial charge >= 0.3 is 6.01 Å². The summed E-state index contributed by atoms with van der Waals surface area (Å²) in [5, 5.41) is 9.15. The Balaban J connectivity index is 2.23. The van der Waals surface area contributed by atoms with Gasteiger partial charge in [0.2, 0.25) is 0 Å². The quantitative estimate of drug-likeness (QED) is 0.861. The summed E-state index contributed by atoms with van der Waals surface area (Å²) in [6, 6.07) is 7.16. The van der Waals surface area contributed by atoms with Crippen LogP contribution < -0.4 is 4.74 Å². The monoisotopic (exact) mass is 218 g/mol. The van der Waals surface area contributed by atoms with Gasteiger partial charge in [0.25, 0.3) is 0 Å². The average molecular weight is 218 g/mol. The van der Waals surface area contributed by atoms with Gasteiger partial charge in [0.15, 0.2) is 0 Å². The first kappa shape index (κ1) is 10.5. The van der Waals surface area contributed by atoms with Gasteiger partial charge in [-0.3, -0.25) is 4.57 Å². The van der Waals surface area contributed by atoms with Crippen molar-refractivity contribution in [3.8, 4) is 17.5 Å². The van der Waals surface area contributed by atoms with Crippen LogP contribution in [-0.4, -0.2) is 14.7 Å². The minimum Gasteiger partial charge on any atom is -0.508 e. The van der Waals surface area contributed by atoms with Crippen molar-refractivity contribution in [2.75, 3.05) is 0 Å².